The monoisotopic (exact) mass is 387 g/mol. The van der Waals surface area contributed by atoms with Gasteiger partial charge in [0.25, 0.3) is 0 Å². The molecular weight excluding hydrogens is 374 g/mol. The molecule has 0 aliphatic rings. The summed E-state index contributed by atoms with van der Waals surface area (Å²) in [4.78, 5) is 0. The minimum absolute atomic E-state index is 0.549. The van der Waals surface area contributed by atoms with E-state index in [1.54, 1.807) is 0 Å². The second-order valence-electron chi connectivity index (χ2n) is 4.16. The number of rotatable bonds is 6. The van der Waals surface area contributed by atoms with Crippen LogP contribution in [0.2, 0.25) is 0 Å². The Labute approximate surface area is 129 Å². The quantitative estimate of drug-likeness (QED) is 0.764. The van der Waals surface area contributed by atoms with Gasteiger partial charge >= 0.3 is 0 Å². The van der Waals surface area contributed by atoms with E-state index in [4.69, 9.17) is 4.42 Å². The zero-order valence-electron chi connectivity index (χ0n) is 10.6. The lowest BCUT2D eigenvalue weighted by Gasteiger charge is -1.99. The smallest absolute Gasteiger partial charge is 0.247 e. The number of halogens is 2. The van der Waals surface area contributed by atoms with E-state index in [1.165, 1.54) is 0 Å². The van der Waals surface area contributed by atoms with Gasteiger partial charge in [0.1, 0.15) is 0 Å². The second-order valence-corrected chi connectivity index (χ2v) is 5.99. The summed E-state index contributed by atoms with van der Waals surface area (Å²) in [5.74, 6) is 1.21. The summed E-state index contributed by atoms with van der Waals surface area (Å²) in [5, 5.41) is 11.5. The van der Waals surface area contributed by atoms with Crippen molar-refractivity contribution >= 4 is 31.9 Å². The molecular formula is C13H15Br2N3O. The van der Waals surface area contributed by atoms with Crippen LogP contribution in [-0.2, 0) is 6.42 Å². The highest BCUT2D eigenvalue weighted by Crippen LogP contribution is 2.26. The molecule has 6 heteroatoms. The molecule has 1 aromatic carbocycles. The molecule has 0 amide bonds. The summed E-state index contributed by atoms with van der Waals surface area (Å²) >= 11 is 6.89. The van der Waals surface area contributed by atoms with E-state index in [1.807, 2.05) is 18.2 Å². The van der Waals surface area contributed by atoms with Crippen molar-refractivity contribution < 1.29 is 4.42 Å². The standard InChI is InChI=1S/C13H15Br2N3O/c1-2-4-16-5-3-12-17-18-13(19-12)9-6-10(14)8-11(15)7-9/h6-8,16H,2-5H2,1H3. The third kappa shape index (κ3) is 4.40. The first kappa shape index (κ1) is 14.7. The van der Waals surface area contributed by atoms with Gasteiger partial charge in [-0.05, 0) is 31.2 Å². The number of nitrogens with one attached hydrogen (secondary N) is 1. The Bertz CT molecular complexity index is 522. The topological polar surface area (TPSA) is 51.0 Å². The van der Waals surface area contributed by atoms with E-state index in [-0.39, 0.29) is 0 Å². The zero-order chi connectivity index (χ0) is 13.7. The number of benzene rings is 1. The van der Waals surface area contributed by atoms with Gasteiger partial charge in [0.15, 0.2) is 0 Å². The van der Waals surface area contributed by atoms with E-state index < -0.39 is 0 Å². The van der Waals surface area contributed by atoms with Gasteiger partial charge in [0.05, 0.1) is 0 Å². The molecule has 19 heavy (non-hydrogen) atoms. The van der Waals surface area contributed by atoms with Crippen molar-refractivity contribution in [2.75, 3.05) is 13.1 Å². The summed E-state index contributed by atoms with van der Waals surface area (Å²) in [6, 6.07) is 5.88. The third-order valence-corrected chi connectivity index (χ3v) is 3.43. The lowest BCUT2D eigenvalue weighted by molar-refractivity contribution is 0.494. The fourth-order valence-electron chi connectivity index (χ4n) is 1.65. The van der Waals surface area contributed by atoms with Crippen molar-refractivity contribution in [1.29, 1.82) is 0 Å². The van der Waals surface area contributed by atoms with Gasteiger partial charge in [-0.1, -0.05) is 38.8 Å². The van der Waals surface area contributed by atoms with Gasteiger partial charge in [0.2, 0.25) is 11.8 Å². The maximum absolute atomic E-state index is 5.66. The number of aromatic nitrogens is 2. The maximum Gasteiger partial charge on any atom is 0.247 e. The molecule has 1 heterocycles. The SMILES string of the molecule is CCCNCCc1nnc(-c2cc(Br)cc(Br)c2)o1. The molecule has 0 fully saturated rings. The Balaban J connectivity index is 2.03. The summed E-state index contributed by atoms with van der Waals surface area (Å²) < 4.78 is 7.60. The summed E-state index contributed by atoms with van der Waals surface area (Å²) in [6.07, 6.45) is 1.88. The fraction of sp³-hybridized carbons (Fsp3) is 0.385. The molecule has 102 valence electrons. The molecule has 0 radical (unpaired) electrons. The van der Waals surface area contributed by atoms with Crippen molar-refractivity contribution in [2.45, 2.75) is 19.8 Å². The number of hydrogen-bond acceptors (Lipinski definition) is 4. The van der Waals surface area contributed by atoms with Crippen molar-refractivity contribution in [1.82, 2.24) is 15.5 Å². The molecule has 0 saturated heterocycles. The molecule has 4 nitrogen and oxygen atoms in total. The predicted molar refractivity (Wildman–Crippen MR) is 82.0 cm³/mol. The van der Waals surface area contributed by atoms with Gasteiger partial charge in [-0.2, -0.15) is 0 Å². The van der Waals surface area contributed by atoms with Gasteiger partial charge in [-0.15, -0.1) is 10.2 Å². The Hall–Kier alpha value is -0.720. The molecule has 0 aliphatic heterocycles. The van der Waals surface area contributed by atoms with Crippen LogP contribution in [-0.4, -0.2) is 23.3 Å². The first-order valence-electron chi connectivity index (χ1n) is 6.18. The van der Waals surface area contributed by atoms with E-state index in [2.05, 4.69) is 54.3 Å². The average molecular weight is 389 g/mol. The fourth-order valence-corrected chi connectivity index (χ4v) is 2.94. The number of nitrogens with zero attached hydrogens (tertiary/aromatic N) is 2. The van der Waals surface area contributed by atoms with Gasteiger partial charge in [-0.25, -0.2) is 0 Å². The van der Waals surface area contributed by atoms with Crippen molar-refractivity contribution in [3.8, 4) is 11.5 Å². The minimum Gasteiger partial charge on any atom is -0.421 e. The van der Waals surface area contributed by atoms with E-state index in [9.17, 15) is 0 Å². The molecule has 1 N–H and O–H groups in total. The zero-order valence-corrected chi connectivity index (χ0v) is 13.8. The molecule has 0 unspecified atom stereocenters. The van der Waals surface area contributed by atoms with Crippen molar-refractivity contribution in [2.24, 2.45) is 0 Å². The molecule has 0 aliphatic carbocycles. The molecule has 0 atom stereocenters. The number of hydrogen-bond donors (Lipinski definition) is 1. The normalized spacial score (nSPS) is 10.9. The third-order valence-electron chi connectivity index (χ3n) is 2.52. The van der Waals surface area contributed by atoms with Crippen LogP contribution in [0.1, 0.15) is 19.2 Å². The Morgan fingerprint density at radius 1 is 1.11 bits per heavy atom. The van der Waals surface area contributed by atoms with Gasteiger partial charge in [-0.3, -0.25) is 0 Å². The van der Waals surface area contributed by atoms with Crippen LogP contribution >= 0.6 is 31.9 Å². The lowest BCUT2D eigenvalue weighted by atomic mass is 10.2. The van der Waals surface area contributed by atoms with E-state index in [0.717, 1.165) is 40.4 Å². The van der Waals surface area contributed by atoms with Crippen LogP contribution in [0.5, 0.6) is 0 Å². The lowest BCUT2D eigenvalue weighted by Crippen LogP contribution is -2.17. The summed E-state index contributed by atoms with van der Waals surface area (Å²) in [5.41, 5.74) is 0.904. The van der Waals surface area contributed by atoms with Crippen molar-refractivity contribution in [3.63, 3.8) is 0 Å². The van der Waals surface area contributed by atoms with E-state index in [0.29, 0.717) is 11.8 Å². The van der Waals surface area contributed by atoms with Crippen LogP contribution in [0, 0.1) is 0 Å². The first-order valence-corrected chi connectivity index (χ1v) is 7.77. The summed E-state index contributed by atoms with van der Waals surface area (Å²) in [7, 11) is 0. The van der Waals surface area contributed by atoms with Crippen LogP contribution in [0.4, 0.5) is 0 Å². The van der Waals surface area contributed by atoms with Crippen LogP contribution < -0.4 is 5.32 Å². The van der Waals surface area contributed by atoms with Crippen LogP contribution in [0.25, 0.3) is 11.5 Å². The molecule has 0 saturated carbocycles. The molecule has 2 rings (SSSR count). The second kappa shape index (κ2) is 7.17. The highest BCUT2D eigenvalue weighted by Gasteiger charge is 2.09. The van der Waals surface area contributed by atoms with E-state index >= 15 is 0 Å². The molecule has 0 spiro atoms. The minimum atomic E-state index is 0.549. The van der Waals surface area contributed by atoms with Gasteiger partial charge < -0.3 is 9.73 Å². The first-order chi connectivity index (χ1) is 9.19. The highest BCUT2D eigenvalue weighted by atomic mass is 79.9. The maximum atomic E-state index is 5.66. The average Bonchev–Trinajstić information content (AvgIpc) is 2.82. The Morgan fingerprint density at radius 3 is 2.53 bits per heavy atom. The van der Waals surface area contributed by atoms with Crippen LogP contribution in [0.15, 0.2) is 31.6 Å². The molecule has 1 aromatic heterocycles. The Kier molecular flexibility index (Phi) is 5.54. The molecule has 0 bridgehead atoms. The Morgan fingerprint density at radius 2 is 1.84 bits per heavy atom. The largest absolute Gasteiger partial charge is 0.421 e. The predicted octanol–water partition coefficient (Wildman–Crippen LogP) is 3.80. The highest BCUT2D eigenvalue weighted by molar-refractivity contribution is 9.11. The summed E-state index contributed by atoms with van der Waals surface area (Å²) in [6.45, 7) is 4.01. The van der Waals surface area contributed by atoms with Gasteiger partial charge in [0, 0.05) is 27.5 Å². The van der Waals surface area contributed by atoms with Crippen LogP contribution in [0.3, 0.4) is 0 Å². The molecule has 2 aromatic rings. The van der Waals surface area contributed by atoms with Crippen molar-refractivity contribution in [3.05, 3.63) is 33.0 Å².